The molecule has 0 radical (unpaired) electrons. The summed E-state index contributed by atoms with van der Waals surface area (Å²) < 4.78 is 31.2. The Labute approximate surface area is 178 Å². The molecule has 0 saturated heterocycles. The van der Waals surface area contributed by atoms with Crippen LogP contribution in [0.5, 0.6) is 0 Å². The normalized spacial score (nSPS) is 12.4. The van der Waals surface area contributed by atoms with Crippen molar-refractivity contribution in [2.24, 2.45) is 0 Å². The van der Waals surface area contributed by atoms with Crippen LogP contribution in [0.15, 0.2) is 51.7 Å². The molecule has 0 saturated carbocycles. The van der Waals surface area contributed by atoms with E-state index in [1.807, 2.05) is 31.2 Å². The molecule has 0 aliphatic rings. The number of aryl methyl sites for hydroxylation is 1. The van der Waals surface area contributed by atoms with Crippen molar-refractivity contribution in [3.05, 3.63) is 74.6 Å². The SMILES string of the molecule is CC[C@H](C(=O)Nc1c(F)cc(F)cc1Br)n1c2ccccc2c2nc(=O)cc(C)n21. The van der Waals surface area contributed by atoms with Crippen LogP contribution in [-0.4, -0.2) is 20.1 Å². The average molecular weight is 475 g/mol. The molecule has 0 aliphatic heterocycles. The molecule has 2 heterocycles. The molecule has 1 amide bonds. The quantitative estimate of drug-likeness (QED) is 0.470. The molecule has 154 valence electrons. The Hall–Kier alpha value is -3.07. The van der Waals surface area contributed by atoms with E-state index >= 15 is 0 Å². The first-order valence-corrected chi connectivity index (χ1v) is 10.1. The van der Waals surface area contributed by atoms with Crippen molar-refractivity contribution in [2.75, 3.05) is 5.32 Å². The zero-order chi connectivity index (χ0) is 21.6. The number of carbonyl (C=O) groups is 1. The lowest BCUT2D eigenvalue weighted by Crippen LogP contribution is -2.29. The van der Waals surface area contributed by atoms with Crippen LogP contribution < -0.4 is 10.9 Å². The number of aromatic nitrogens is 3. The van der Waals surface area contributed by atoms with Crippen molar-refractivity contribution in [1.29, 1.82) is 0 Å². The van der Waals surface area contributed by atoms with Gasteiger partial charge in [-0.2, -0.15) is 4.98 Å². The predicted octanol–water partition coefficient (Wildman–Crippen LogP) is 4.59. The maximum Gasteiger partial charge on any atom is 0.273 e. The van der Waals surface area contributed by atoms with Gasteiger partial charge in [0, 0.05) is 27.7 Å². The third-order valence-corrected chi connectivity index (χ3v) is 5.56. The van der Waals surface area contributed by atoms with Crippen LogP contribution in [0.2, 0.25) is 0 Å². The Morgan fingerprint density at radius 2 is 1.97 bits per heavy atom. The average Bonchev–Trinajstić information content (AvgIpc) is 3.00. The van der Waals surface area contributed by atoms with Crippen molar-refractivity contribution in [1.82, 2.24) is 14.2 Å². The van der Waals surface area contributed by atoms with E-state index in [4.69, 9.17) is 0 Å². The minimum Gasteiger partial charge on any atom is -0.321 e. The molecule has 2 aromatic heterocycles. The van der Waals surface area contributed by atoms with E-state index in [0.29, 0.717) is 29.3 Å². The third kappa shape index (κ3) is 3.28. The molecule has 0 aliphatic carbocycles. The molecule has 0 unspecified atom stereocenters. The van der Waals surface area contributed by atoms with Crippen molar-refractivity contribution in [3.63, 3.8) is 0 Å². The summed E-state index contributed by atoms with van der Waals surface area (Å²) in [5.41, 5.74) is 1.25. The summed E-state index contributed by atoms with van der Waals surface area (Å²) in [6, 6.07) is 9.75. The summed E-state index contributed by atoms with van der Waals surface area (Å²) in [6.45, 7) is 3.58. The zero-order valence-electron chi connectivity index (χ0n) is 16.1. The van der Waals surface area contributed by atoms with E-state index in [-0.39, 0.29) is 15.7 Å². The molecule has 0 spiro atoms. The number of hydrogen-bond donors (Lipinski definition) is 1. The lowest BCUT2D eigenvalue weighted by atomic mass is 10.2. The monoisotopic (exact) mass is 474 g/mol. The minimum absolute atomic E-state index is 0.104. The van der Waals surface area contributed by atoms with Gasteiger partial charge in [0.05, 0.1) is 11.2 Å². The summed E-state index contributed by atoms with van der Waals surface area (Å²) in [6.07, 6.45) is 0.381. The van der Waals surface area contributed by atoms with Gasteiger partial charge in [0.15, 0.2) is 11.5 Å². The Kier molecular flexibility index (Phi) is 5.15. The van der Waals surface area contributed by atoms with E-state index in [9.17, 15) is 18.4 Å². The van der Waals surface area contributed by atoms with Crippen molar-refractivity contribution < 1.29 is 13.6 Å². The summed E-state index contributed by atoms with van der Waals surface area (Å²) in [5.74, 6) is -2.12. The summed E-state index contributed by atoms with van der Waals surface area (Å²) in [4.78, 5) is 29.3. The second-order valence-corrected chi connectivity index (χ2v) is 7.74. The van der Waals surface area contributed by atoms with Gasteiger partial charge >= 0.3 is 0 Å². The van der Waals surface area contributed by atoms with Crippen molar-refractivity contribution in [2.45, 2.75) is 26.3 Å². The number of rotatable bonds is 4. The maximum atomic E-state index is 14.3. The molecule has 1 atom stereocenters. The number of benzene rings is 2. The van der Waals surface area contributed by atoms with Gasteiger partial charge in [0.25, 0.3) is 5.56 Å². The molecule has 0 fully saturated rings. The van der Waals surface area contributed by atoms with E-state index in [0.717, 1.165) is 11.5 Å². The third-order valence-electron chi connectivity index (χ3n) is 4.93. The first-order valence-electron chi connectivity index (χ1n) is 9.26. The molecule has 6 nitrogen and oxygen atoms in total. The number of para-hydroxylation sites is 1. The second-order valence-electron chi connectivity index (χ2n) is 6.89. The predicted molar refractivity (Wildman–Crippen MR) is 114 cm³/mol. The Balaban J connectivity index is 1.89. The lowest BCUT2D eigenvalue weighted by Gasteiger charge is -2.21. The minimum atomic E-state index is -0.881. The second kappa shape index (κ2) is 7.64. The Morgan fingerprint density at radius 3 is 2.67 bits per heavy atom. The number of carbonyl (C=O) groups excluding carboxylic acids is 1. The van der Waals surface area contributed by atoms with Crippen LogP contribution in [0.25, 0.3) is 16.6 Å². The smallest absolute Gasteiger partial charge is 0.273 e. The van der Waals surface area contributed by atoms with Gasteiger partial charge in [0.1, 0.15) is 11.9 Å². The van der Waals surface area contributed by atoms with Crippen LogP contribution in [0, 0.1) is 18.6 Å². The number of amides is 1. The highest BCUT2D eigenvalue weighted by molar-refractivity contribution is 9.10. The molecule has 30 heavy (non-hydrogen) atoms. The Bertz CT molecular complexity index is 1340. The molecular formula is C21H17BrF2N4O2. The summed E-state index contributed by atoms with van der Waals surface area (Å²) in [7, 11) is 0. The topological polar surface area (TPSA) is 68.4 Å². The van der Waals surface area contributed by atoms with Gasteiger partial charge in [-0.25, -0.2) is 13.3 Å². The number of hydrogen-bond acceptors (Lipinski definition) is 3. The molecular weight excluding hydrogens is 458 g/mol. The highest BCUT2D eigenvalue weighted by Gasteiger charge is 2.26. The first-order chi connectivity index (χ1) is 14.3. The number of anilines is 1. The van der Waals surface area contributed by atoms with Gasteiger partial charge in [-0.05, 0) is 47.5 Å². The van der Waals surface area contributed by atoms with Crippen molar-refractivity contribution in [3.8, 4) is 0 Å². The summed E-state index contributed by atoms with van der Waals surface area (Å²) >= 11 is 3.09. The van der Waals surface area contributed by atoms with Gasteiger partial charge in [-0.1, -0.05) is 19.1 Å². The van der Waals surface area contributed by atoms with Crippen LogP contribution in [0.3, 0.4) is 0 Å². The zero-order valence-corrected chi connectivity index (χ0v) is 17.7. The van der Waals surface area contributed by atoms with Crippen LogP contribution >= 0.6 is 15.9 Å². The number of fused-ring (bicyclic) bond motifs is 3. The van der Waals surface area contributed by atoms with Gasteiger partial charge in [-0.3, -0.25) is 14.3 Å². The Morgan fingerprint density at radius 1 is 1.23 bits per heavy atom. The fourth-order valence-corrected chi connectivity index (χ4v) is 4.16. The van der Waals surface area contributed by atoms with Crippen LogP contribution in [-0.2, 0) is 4.79 Å². The van der Waals surface area contributed by atoms with Gasteiger partial charge in [0.2, 0.25) is 5.91 Å². The number of halogens is 3. The first kappa shape index (κ1) is 20.2. The van der Waals surface area contributed by atoms with E-state index in [1.54, 1.807) is 16.1 Å². The fourth-order valence-electron chi connectivity index (χ4n) is 3.65. The highest BCUT2D eigenvalue weighted by Crippen LogP contribution is 2.30. The highest BCUT2D eigenvalue weighted by atomic mass is 79.9. The standard InChI is InChI=1S/C21H17BrF2N4O2/c1-3-16(21(30)26-19-14(22)9-12(23)10-15(19)24)28-17-7-5-4-6-13(17)20-25-18(29)8-11(2)27(20)28/h4-10,16H,3H2,1-2H3,(H,26,30)/t16-/m1/s1. The van der Waals surface area contributed by atoms with E-state index < -0.39 is 23.6 Å². The molecule has 2 aromatic carbocycles. The number of nitrogens with zero attached hydrogens (tertiary/aromatic N) is 3. The molecule has 4 rings (SSSR count). The van der Waals surface area contributed by atoms with Crippen molar-refractivity contribution >= 4 is 44.1 Å². The molecule has 9 heteroatoms. The molecule has 0 bridgehead atoms. The van der Waals surface area contributed by atoms with Crippen LogP contribution in [0.1, 0.15) is 25.1 Å². The largest absolute Gasteiger partial charge is 0.321 e. The van der Waals surface area contributed by atoms with E-state index in [1.165, 1.54) is 6.07 Å². The van der Waals surface area contributed by atoms with E-state index in [2.05, 4.69) is 26.2 Å². The molecule has 1 N–H and O–H groups in total. The number of nitrogens with one attached hydrogen (secondary N) is 1. The lowest BCUT2D eigenvalue weighted by molar-refractivity contribution is -0.119. The van der Waals surface area contributed by atoms with Crippen LogP contribution in [0.4, 0.5) is 14.5 Å². The van der Waals surface area contributed by atoms with Gasteiger partial charge < -0.3 is 5.32 Å². The summed E-state index contributed by atoms with van der Waals surface area (Å²) in [5, 5.41) is 3.28. The maximum absolute atomic E-state index is 14.3. The fraction of sp³-hybridized carbons (Fsp3) is 0.190. The van der Waals surface area contributed by atoms with Gasteiger partial charge in [-0.15, -0.1) is 0 Å². The molecule has 4 aromatic rings.